The van der Waals surface area contributed by atoms with Gasteiger partial charge < -0.3 is 14.8 Å². The summed E-state index contributed by atoms with van der Waals surface area (Å²) in [4.78, 5) is 0. The lowest BCUT2D eigenvalue weighted by atomic mass is 10.1. The lowest BCUT2D eigenvalue weighted by Gasteiger charge is -2.13. The molecule has 3 nitrogen and oxygen atoms in total. The summed E-state index contributed by atoms with van der Waals surface area (Å²) in [6.07, 6.45) is 0. The molecule has 1 N–H and O–H groups in total. The molecule has 0 amide bonds. The van der Waals surface area contributed by atoms with Gasteiger partial charge in [-0.25, -0.2) is 0 Å². The molecule has 0 radical (unpaired) electrons. The molecule has 21 heavy (non-hydrogen) atoms. The smallest absolute Gasteiger partial charge is 0.119 e. The zero-order chi connectivity index (χ0) is 15.1. The minimum atomic E-state index is 0.363. The van der Waals surface area contributed by atoms with Gasteiger partial charge in [0.15, 0.2) is 0 Å². The molecule has 0 aromatic heterocycles. The highest BCUT2D eigenvalue weighted by Gasteiger charge is 2.04. The minimum absolute atomic E-state index is 0.363. The molecule has 0 bridgehead atoms. The predicted molar refractivity (Wildman–Crippen MR) is 85.9 cm³/mol. The van der Waals surface area contributed by atoms with Crippen LogP contribution in [0.5, 0.6) is 11.5 Å². The molecule has 3 heteroatoms. The van der Waals surface area contributed by atoms with E-state index < -0.39 is 0 Å². The van der Waals surface area contributed by atoms with Crippen LogP contribution in [0.2, 0.25) is 0 Å². The molecule has 112 valence electrons. The summed E-state index contributed by atoms with van der Waals surface area (Å²) in [5.74, 6) is 1.73. The molecule has 0 aliphatic carbocycles. The van der Waals surface area contributed by atoms with Gasteiger partial charge in [0.1, 0.15) is 18.1 Å². The maximum atomic E-state index is 5.81. The van der Waals surface area contributed by atoms with Gasteiger partial charge >= 0.3 is 0 Å². The van der Waals surface area contributed by atoms with Crippen molar-refractivity contribution in [2.24, 2.45) is 0 Å². The summed E-state index contributed by atoms with van der Waals surface area (Å²) in [5, 5.41) is 3.40. The van der Waals surface area contributed by atoms with Crippen LogP contribution in [0.15, 0.2) is 48.5 Å². The van der Waals surface area contributed by atoms with Crippen molar-refractivity contribution < 1.29 is 9.47 Å². The van der Waals surface area contributed by atoms with Crippen molar-refractivity contribution in [2.45, 2.75) is 26.5 Å². The third-order valence-corrected chi connectivity index (χ3v) is 3.43. The van der Waals surface area contributed by atoms with E-state index in [1.165, 1.54) is 5.56 Å². The second-order valence-electron chi connectivity index (χ2n) is 4.99. The van der Waals surface area contributed by atoms with Crippen molar-refractivity contribution in [1.29, 1.82) is 0 Å². The first-order chi connectivity index (χ1) is 10.2. The molecule has 0 saturated heterocycles. The normalized spacial score (nSPS) is 12.0. The zero-order valence-corrected chi connectivity index (χ0v) is 12.9. The summed E-state index contributed by atoms with van der Waals surface area (Å²) in [5.41, 5.74) is 2.37. The van der Waals surface area contributed by atoms with Crippen LogP contribution < -0.4 is 14.8 Å². The van der Waals surface area contributed by atoms with E-state index in [2.05, 4.69) is 31.3 Å². The van der Waals surface area contributed by atoms with Crippen LogP contribution in [0.25, 0.3) is 0 Å². The molecule has 2 rings (SSSR count). The summed E-state index contributed by atoms with van der Waals surface area (Å²) >= 11 is 0. The second kappa shape index (κ2) is 7.70. The molecule has 1 unspecified atom stereocenters. The van der Waals surface area contributed by atoms with Crippen LogP contribution in [0.3, 0.4) is 0 Å². The van der Waals surface area contributed by atoms with Gasteiger partial charge in [0, 0.05) is 6.04 Å². The fraction of sp³-hybridized carbons (Fsp3) is 0.333. The van der Waals surface area contributed by atoms with E-state index in [9.17, 15) is 0 Å². The largest absolute Gasteiger partial charge is 0.497 e. The maximum Gasteiger partial charge on any atom is 0.119 e. The van der Waals surface area contributed by atoms with Crippen LogP contribution in [0, 0.1) is 0 Å². The topological polar surface area (TPSA) is 30.5 Å². The van der Waals surface area contributed by atoms with Gasteiger partial charge in [-0.15, -0.1) is 0 Å². The fourth-order valence-corrected chi connectivity index (χ4v) is 2.21. The van der Waals surface area contributed by atoms with Crippen LogP contribution in [-0.4, -0.2) is 13.7 Å². The molecule has 0 aliphatic rings. The van der Waals surface area contributed by atoms with Gasteiger partial charge in [0.05, 0.1) is 7.11 Å². The van der Waals surface area contributed by atoms with Gasteiger partial charge in [-0.3, -0.25) is 0 Å². The Hall–Kier alpha value is -2.00. The predicted octanol–water partition coefficient (Wildman–Crippen LogP) is 3.94. The molecule has 1 atom stereocenters. The molecule has 2 aromatic rings. The quantitative estimate of drug-likeness (QED) is 0.835. The Morgan fingerprint density at radius 2 is 1.81 bits per heavy atom. The molecular weight excluding hydrogens is 262 g/mol. The summed E-state index contributed by atoms with van der Waals surface area (Å²) in [7, 11) is 1.67. The van der Waals surface area contributed by atoms with Gasteiger partial charge in [0.2, 0.25) is 0 Å². The minimum Gasteiger partial charge on any atom is -0.497 e. The van der Waals surface area contributed by atoms with Crippen molar-refractivity contribution in [3.8, 4) is 11.5 Å². The Balaban J connectivity index is 1.94. The monoisotopic (exact) mass is 285 g/mol. The van der Waals surface area contributed by atoms with Crippen LogP contribution in [0.4, 0.5) is 0 Å². The van der Waals surface area contributed by atoms with E-state index in [4.69, 9.17) is 9.47 Å². The molecule has 0 aliphatic heterocycles. The van der Waals surface area contributed by atoms with Crippen molar-refractivity contribution in [3.63, 3.8) is 0 Å². The van der Waals surface area contributed by atoms with Crippen LogP contribution in [-0.2, 0) is 6.61 Å². The van der Waals surface area contributed by atoms with Crippen molar-refractivity contribution in [2.75, 3.05) is 13.7 Å². The van der Waals surface area contributed by atoms with Gasteiger partial charge in [-0.2, -0.15) is 0 Å². The number of hydrogen-bond donors (Lipinski definition) is 1. The number of methoxy groups -OCH3 is 1. The number of nitrogens with one attached hydrogen (secondary N) is 1. The standard InChI is InChI=1S/C18H23NO2/c1-4-19-14(2)16-8-10-17(11-9-16)21-13-15-6-5-7-18(12-15)20-3/h5-12,14,19H,4,13H2,1-3H3. The third-order valence-electron chi connectivity index (χ3n) is 3.43. The van der Waals surface area contributed by atoms with Gasteiger partial charge in [-0.1, -0.05) is 31.2 Å². The molecule has 0 fully saturated rings. The van der Waals surface area contributed by atoms with E-state index in [1.807, 2.05) is 36.4 Å². The van der Waals surface area contributed by atoms with Crippen LogP contribution in [0.1, 0.15) is 31.0 Å². The number of rotatable bonds is 7. The van der Waals surface area contributed by atoms with Crippen molar-refractivity contribution >= 4 is 0 Å². The Kier molecular flexibility index (Phi) is 5.64. The number of benzene rings is 2. The first-order valence-corrected chi connectivity index (χ1v) is 7.32. The highest BCUT2D eigenvalue weighted by molar-refractivity contribution is 5.31. The molecular formula is C18H23NO2. The second-order valence-corrected chi connectivity index (χ2v) is 4.99. The molecule has 0 spiro atoms. The first-order valence-electron chi connectivity index (χ1n) is 7.32. The third kappa shape index (κ3) is 4.50. The maximum absolute atomic E-state index is 5.81. The van der Waals surface area contributed by atoms with E-state index in [0.29, 0.717) is 12.6 Å². The summed E-state index contributed by atoms with van der Waals surface area (Å²) in [6.45, 7) is 5.78. The Morgan fingerprint density at radius 3 is 2.48 bits per heavy atom. The van der Waals surface area contributed by atoms with E-state index >= 15 is 0 Å². The van der Waals surface area contributed by atoms with Crippen molar-refractivity contribution in [1.82, 2.24) is 5.32 Å². The summed E-state index contributed by atoms with van der Waals surface area (Å²) in [6, 6.07) is 16.5. The Labute approximate surface area is 126 Å². The highest BCUT2D eigenvalue weighted by atomic mass is 16.5. The Morgan fingerprint density at radius 1 is 1.05 bits per heavy atom. The number of hydrogen-bond acceptors (Lipinski definition) is 3. The SMILES string of the molecule is CCNC(C)c1ccc(OCc2cccc(OC)c2)cc1. The summed E-state index contributed by atoms with van der Waals surface area (Å²) < 4.78 is 11.0. The number of ether oxygens (including phenoxy) is 2. The highest BCUT2D eigenvalue weighted by Crippen LogP contribution is 2.19. The van der Waals surface area contributed by atoms with Crippen LogP contribution >= 0.6 is 0 Å². The average Bonchev–Trinajstić information content (AvgIpc) is 2.54. The molecule has 2 aromatic carbocycles. The first kappa shape index (κ1) is 15.4. The van der Waals surface area contributed by atoms with Crippen molar-refractivity contribution in [3.05, 3.63) is 59.7 Å². The van der Waals surface area contributed by atoms with Gasteiger partial charge in [-0.05, 0) is 48.9 Å². The zero-order valence-electron chi connectivity index (χ0n) is 12.9. The fourth-order valence-electron chi connectivity index (χ4n) is 2.21. The lowest BCUT2D eigenvalue weighted by Crippen LogP contribution is -2.17. The van der Waals surface area contributed by atoms with Gasteiger partial charge in [0.25, 0.3) is 0 Å². The van der Waals surface area contributed by atoms with E-state index in [1.54, 1.807) is 7.11 Å². The van der Waals surface area contributed by atoms with E-state index in [0.717, 1.165) is 23.6 Å². The molecule has 0 heterocycles. The van der Waals surface area contributed by atoms with E-state index in [-0.39, 0.29) is 0 Å². The average molecular weight is 285 g/mol. The Bertz CT molecular complexity index is 551. The lowest BCUT2D eigenvalue weighted by molar-refractivity contribution is 0.305. The molecule has 0 saturated carbocycles.